The molecule has 0 aliphatic heterocycles. The summed E-state index contributed by atoms with van der Waals surface area (Å²) in [4.78, 5) is 4.15. The lowest BCUT2D eigenvalue weighted by atomic mass is 10.1. The Bertz CT molecular complexity index is 620. The number of aryl methyl sites for hydroxylation is 1. The van der Waals surface area contributed by atoms with E-state index in [1.807, 2.05) is 31.2 Å². The van der Waals surface area contributed by atoms with Gasteiger partial charge in [-0.15, -0.1) is 0 Å². The number of hydrogen-bond acceptors (Lipinski definition) is 3. The summed E-state index contributed by atoms with van der Waals surface area (Å²) in [6.07, 6.45) is 3.52. The Morgan fingerprint density at radius 2 is 2.00 bits per heavy atom. The zero-order chi connectivity index (χ0) is 15.5. The maximum atomic E-state index is 6.04. The van der Waals surface area contributed by atoms with Crippen LogP contribution in [0.25, 0.3) is 0 Å². The molecule has 0 saturated heterocycles. The van der Waals surface area contributed by atoms with Gasteiger partial charge < -0.3 is 10.1 Å². The largest absolute Gasteiger partial charge is 0.455 e. The van der Waals surface area contributed by atoms with Crippen molar-refractivity contribution in [3.8, 4) is 11.5 Å². The molecule has 2 aromatic rings. The molecule has 0 bridgehead atoms. The van der Waals surface area contributed by atoms with Gasteiger partial charge in [0.2, 0.25) is 0 Å². The van der Waals surface area contributed by atoms with Gasteiger partial charge in [-0.05, 0) is 57.5 Å². The molecule has 0 fully saturated rings. The van der Waals surface area contributed by atoms with Crippen molar-refractivity contribution in [2.75, 3.05) is 0 Å². The highest BCUT2D eigenvalue weighted by molar-refractivity contribution is 6.31. The number of nitrogens with zero attached hydrogens (tertiary/aromatic N) is 1. The summed E-state index contributed by atoms with van der Waals surface area (Å²) >= 11 is 6.04. The first-order valence-electron chi connectivity index (χ1n) is 6.97. The Balaban J connectivity index is 2.17. The van der Waals surface area contributed by atoms with Crippen LogP contribution in [0, 0.1) is 6.92 Å². The van der Waals surface area contributed by atoms with Crippen molar-refractivity contribution in [3.05, 3.63) is 52.8 Å². The van der Waals surface area contributed by atoms with Gasteiger partial charge in [-0.1, -0.05) is 11.6 Å². The first kappa shape index (κ1) is 15.8. The molecule has 112 valence electrons. The first-order valence-corrected chi connectivity index (χ1v) is 7.35. The summed E-state index contributed by atoms with van der Waals surface area (Å²) in [6.45, 7) is 9.10. The molecular formula is C17H21ClN2O. The van der Waals surface area contributed by atoms with E-state index in [0.29, 0.717) is 0 Å². The second-order valence-corrected chi connectivity index (χ2v) is 6.51. The monoisotopic (exact) mass is 304 g/mol. The predicted octanol–water partition coefficient (Wildman–Crippen LogP) is 4.72. The van der Waals surface area contributed by atoms with Gasteiger partial charge in [-0.2, -0.15) is 0 Å². The fourth-order valence-corrected chi connectivity index (χ4v) is 1.93. The van der Waals surface area contributed by atoms with Gasteiger partial charge in [-0.25, -0.2) is 0 Å². The van der Waals surface area contributed by atoms with Crippen LogP contribution in [-0.4, -0.2) is 10.5 Å². The van der Waals surface area contributed by atoms with Crippen LogP contribution in [0.4, 0.5) is 0 Å². The molecule has 0 saturated carbocycles. The van der Waals surface area contributed by atoms with Crippen molar-refractivity contribution < 1.29 is 4.74 Å². The molecule has 0 unspecified atom stereocenters. The van der Waals surface area contributed by atoms with Crippen LogP contribution >= 0.6 is 11.6 Å². The summed E-state index contributed by atoms with van der Waals surface area (Å²) in [5, 5.41) is 4.19. The minimum atomic E-state index is 0.0530. The van der Waals surface area contributed by atoms with E-state index >= 15 is 0 Å². The standard InChI is InChI=1S/C17H21ClN2O/c1-12-9-14(5-6-15(12)18)21-16-11-19-8-7-13(16)10-20-17(2,3)4/h5-9,11,20H,10H2,1-4H3. The van der Waals surface area contributed by atoms with Crippen molar-refractivity contribution in [1.29, 1.82) is 0 Å². The molecule has 0 radical (unpaired) electrons. The molecule has 0 spiro atoms. The lowest BCUT2D eigenvalue weighted by molar-refractivity contribution is 0.413. The number of rotatable bonds is 4. The van der Waals surface area contributed by atoms with Gasteiger partial charge in [0.1, 0.15) is 11.5 Å². The third kappa shape index (κ3) is 4.73. The fourth-order valence-electron chi connectivity index (χ4n) is 1.81. The molecule has 0 aliphatic rings. The van der Waals surface area contributed by atoms with Crippen LogP contribution < -0.4 is 10.1 Å². The van der Waals surface area contributed by atoms with Gasteiger partial charge in [0.05, 0.1) is 6.20 Å². The smallest absolute Gasteiger partial charge is 0.150 e. The average molecular weight is 305 g/mol. The van der Waals surface area contributed by atoms with Crippen LogP contribution in [0.2, 0.25) is 5.02 Å². The molecule has 0 amide bonds. The Morgan fingerprint density at radius 1 is 1.24 bits per heavy atom. The minimum absolute atomic E-state index is 0.0530. The second-order valence-electron chi connectivity index (χ2n) is 6.10. The number of ether oxygens (including phenoxy) is 1. The highest BCUT2D eigenvalue weighted by Gasteiger charge is 2.11. The summed E-state index contributed by atoms with van der Waals surface area (Å²) < 4.78 is 5.95. The van der Waals surface area contributed by atoms with Crippen LogP contribution in [0.1, 0.15) is 31.9 Å². The summed E-state index contributed by atoms with van der Waals surface area (Å²) in [6, 6.07) is 7.60. The highest BCUT2D eigenvalue weighted by Crippen LogP contribution is 2.27. The summed E-state index contributed by atoms with van der Waals surface area (Å²) in [5.41, 5.74) is 2.12. The fraction of sp³-hybridized carbons (Fsp3) is 0.353. The maximum absolute atomic E-state index is 6.04. The number of aromatic nitrogens is 1. The molecule has 1 N–H and O–H groups in total. The van der Waals surface area contributed by atoms with Gasteiger partial charge in [-0.3, -0.25) is 4.98 Å². The topological polar surface area (TPSA) is 34.1 Å². The predicted molar refractivity (Wildman–Crippen MR) is 87.1 cm³/mol. The van der Waals surface area contributed by atoms with E-state index in [1.165, 1.54) is 0 Å². The van der Waals surface area contributed by atoms with Crippen molar-refractivity contribution in [3.63, 3.8) is 0 Å². The van der Waals surface area contributed by atoms with E-state index in [4.69, 9.17) is 16.3 Å². The molecule has 1 heterocycles. The molecule has 1 aromatic carbocycles. The van der Waals surface area contributed by atoms with Crippen LogP contribution in [0.15, 0.2) is 36.7 Å². The van der Waals surface area contributed by atoms with Crippen molar-refractivity contribution in [1.82, 2.24) is 10.3 Å². The third-order valence-electron chi connectivity index (χ3n) is 3.04. The Hall–Kier alpha value is -1.58. The molecule has 2 rings (SSSR count). The lowest BCUT2D eigenvalue weighted by Crippen LogP contribution is -2.35. The third-order valence-corrected chi connectivity index (χ3v) is 3.46. The lowest BCUT2D eigenvalue weighted by Gasteiger charge is -2.21. The van der Waals surface area contributed by atoms with E-state index in [-0.39, 0.29) is 5.54 Å². The highest BCUT2D eigenvalue weighted by atomic mass is 35.5. The Labute approximate surface area is 131 Å². The van der Waals surface area contributed by atoms with Crippen molar-refractivity contribution in [2.24, 2.45) is 0 Å². The van der Waals surface area contributed by atoms with Crippen molar-refractivity contribution in [2.45, 2.75) is 39.8 Å². The number of hydrogen-bond donors (Lipinski definition) is 1. The number of pyridine rings is 1. The maximum Gasteiger partial charge on any atom is 0.150 e. The summed E-state index contributed by atoms with van der Waals surface area (Å²) in [7, 11) is 0. The van der Waals surface area contributed by atoms with E-state index in [2.05, 4.69) is 31.1 Å². The van der Waals surface area contributed by atoms with Gasteiger partial charge in [0, 0.05) is 28.9 Å². The second kappa shape index (κ2) is 6.46. The molecule has 0 atom stereocenters. The zero-order valence-corrected chi connectivity index (χ0v) is 13.7. The molecular weight excluding hydrogens is 284 g/mol. The molecule has 1 aromatic heterocycles. The van der Waals surface area contributed by atoms with Gasteiger partial charge in [0.15, 0.2) is 0 Å². The SMILES string of the molecule is Cc1cc(Oc2cnccc2CNC(C)(C)C)ccc1Cl. The van der Waals surface area contributed by atoms with Crippen LogP contribution in [0.5, 0.6) is 11.5 Å². The van der Waals surface area contributed by atoms with E-state index in [9.17, 15) is 0 Å². The van der Waals surface area contributed by atoms with Crippen molar-refractivity contribution >= 4 is 11.6 Å². The van der Waals surface area contributed by atoms with E-state index in [1.54, 1.807) is 12.4 Å². The Kier molecular flexibility index (Phi) is 4.86. The average Bonchev–Trinajstić information content (AvgIpc) is 2.41. The number of nitrogens with one attached hydrogen (secondary N) is 1. The van der Waals surface area contributed by atoms with Crippen LogP contribution in [0.3, 0.4) is 0 Å². The molecule has 4 heteroatoms. The Morgan fingerprint density at radius 3 is 2.67 bits per heavy atom. The number of halogens is 1. The molecule has 0 aliphatic carbocycles. The zero-order valence-electron chi connectivity index (χ0n) is 12.9. The summed E-state index contributed by atoms with van der Waals surface area (Å²) in [5.74, 6) is 1.53. The molecule has 3 nitrogen and oxygen atoms in total. The first-order chi connectivity index (χ1) is 9.85. The molecule has 21 heavy (non-hydrogen) atoms. The number of benzene rings is 1. The van der Waals surface area contributed by atoms with E-state index < -0.39 is 0 Å². The normalized spacial score (nSPS) is 11.5. The quantitative estimate of drug-likeness (QED) is 0.887. The van der Waals surface area contributed by atoms with Gasteiger partial charge in [0.25, 0.3) is 0 Å². The minimum Gasteiger partial charge on any atom is -0.455 e. The van der Waals surface area contributed by atoms with E-state index in [0.717, 1.165) is 34.2 Å². The van der Waals surface area contributed by atoms with Crippen LogP contribution in [-0.2, 0) is 6.54 Å². The van der Waals surface area contributed by atoms with Gasteiger partial charge >= 0.3 is 0 Å².